The zero-order valence-electron chi connectivity index (χ0n) is 14.5. The molecule has 7 nitrogen and oxygen atoms in total. The van der Waals surface area contributed by atoms with Gasteiger partial charge in [-0.25, -0.2) is 0 Å². The molecule has 1 aliphatic heterocycles. The van der Waals surface area contributed by atoms with Crippen molar-refractivity contribution in [2.45, 2.75) is 11.4 Å². The van der Waals surface area contributed by atoms with Crippen LogP contribution in [0.3, 0.4) is 0 Å². The molecule has 1 aliphatic rings. The fourth-order valence-corrected chi connectivity index (χ4v) is 3.59. The van der Waals surface area contributed by atoms with Gasteiger partial charge in [-0.3, -0.25) is 0 Å². The molecule has 4 rings (SSSR count). The van der Waals surface area contributed by atoms with Crippen molar-refractivity contribution in [2.75, 3.05) is 11.1 Å². The molecule has 0 spiro atoms. The second-order valence-corrected chi connectivity index (χ2v) is 7.83. The molecule has 3 N–H and O–H groups in total. The van der Waals surface area contributed by atoms with Crippen molar-refractivity contribution in [1.29, 1.82) is 0 Å². The summed E-state index contributed by atoms with van der Waals surface area (Å²) in [6.45, 7) is 3.70. The summed E-state index contributed by atoms with van der Waals surface area (Å²) in [7, 11) is 0. The van der Waals surface area contributed by atoms with E-state index in [2.05, 4.69) is 43.0 Å². The molecule has 0 amide bonds. The van der Waals surface area contributed by atoms with Gasteiger partial charge in [0.2, 0.25) is 11.0 Å². The number of aromatic nitrogens is 3. The maximum absolute atomic E-state index is 9.88. The third-order valence-corrected chi connectivity index (χ3v) is 5.35. The monoisotopic (exact) mass is 458 g/mol. The van der Waals surface area contributed by atoms with Gasteiger partial charge in [0.25, 0.3) is 0 Å². The van der Waals surface area contributed by atoms with E-state index in [1.54, 1.807) is 12.1 Å². The Kier molecular flexibility index (Phi) is 5.10. The minimum atomic E-state index is -0.651. The average Bonchev–Trinajstić information content (AvgIpc) is 2.84. The van der Waals surface area contributed by atoms with Gasteiger partial charge >= 0.3 is 0 Å². The molecule has 3 aromatic rings. The smallest absolute Gasteiger partial charge is 0.247 e. The van der Waals surface area contributed by atoms with Crippen molar-refractivity contribution < 1.29 is 14.9 Å². The highest BCUT2D eigenvalue weighted by Crippen LogP contribution is 2.41. The fraction of sp³-hybridized carbons (Fsp3) is 0.105. The van der Waals surface area contributed by atoms with E-state index in [-0.39, 0.29) is 11.5 Å². The van der Waals surface area contributed by atoms with Crippen LogP contribution >= 0.6 is 27.7 Å². The Labute approximate surface area is 173 Å². The molecule has 0 saturated carbocycles. The van der Waals surface area contributed by atoms with Crippen molar-refractivity contribution in [3.05, 3.63) is 59.1 Å². The molecule has 9 heteroatoms. The summed E-state index contributed by atoms with van der Waals surface area (Å²) in [5.41, 5.74) is 2.70. The molecule has 0 radical (unpaired) electrons. The zero-order valence-corrected chi connectivity index (χ0v) is 16.9. The van der Waals surface area contributed by atoms with E-state index in [1.807, 2.05) is 18.2 Å². The summed E-state index contributed by atoms with van der Waals surface area (Å²) in [6.07, 6.45) is 1.11. The highest BCUT2D eigenvalue weighted by Gasteiger charge is 2.27. The van der Waals surface area contributed by atoms with Gasteiger partial charge in [-0.15, -0.1) is 16.8 Å². The SMILES string of the molecule is C=CCSc1nnc2c(n1)OC(c1ccc(O)c(O)c1)Nc1ccc(Br)cc1-2. The summed E-state index contributed by atoms with van der Waals surface area (Å²) < 4.78 is 6.99. The third kappa shape index (κ3) is 3.63. The number of phenols is 2. The van der Waals surface area contributed by atoms with Crippen LogP contribution in [0.5, 0.6) is 17.4 Å². The van der Waals surface area contributed by atoms with Crippen molar-refractivity contribution >= 4 is 33.4 Å². The maximum atomic E-state index is 9.88. The molecular weight excluding hydrogens is 444 g/mol. The lowest BCUT2D eigenvalue weighted by Crippen LogP contribution is -2.17. The van der Waals surface area contributed by atoms with E-state index < -0.39 is 6.23 Å². The van der Waals surface area contributed by atoms with Crippen molar-refractivity contribution in [3.8, 4) is 28.6 Å². The van der Waals surface area contributed by atoms with Crippen LogP contribution in [0, 0.1) is 0 Å². The first kappa shape index (κ1) is 18.6. The molecule has 28 heavy (non-hydrogen) atoms. The van der Waals surface area contributed by atoms with E-state index in [0.717, 1.165) is 15.7 Å². The van der Waals surface area contributed by atoms with E-state index in [4.69, 9.17) is 4.74 Å². The number of halogens is 1. The van der Waals surface area contributed by atoms with Gasteiger partial charge in [-0.05, 0) is 36.4 Å². The Hall–Kier alpha value is -2.78. The first-order valence-electron chi connectivity index (χ1n) is 8.28. The number of thioether (sulfide) groups is 1. The molecular formula is C19H15BrN4O3S. The lowest BCUT2D eigenvalue weighted by atomic mass is 10.1. The number of hydrogen-bond donors (Lipinski definition) is 3. The van der Waals surface area contributed by atoms with Crippen LogP contribution in [-0.2, 0) is 0 Å². The highest BCUT2D eigenvalue weighted by atomic mass is 79.9. The van der Waals surface area contributed by atoms with E-state index in [1.165, 1.54) is 23.9 Å². The summed E-state index contributed by atoms with van der Waals surface area (Å²) in [5.74, 6) is 0.542. The minimum absolute atomic E-state index is 0.200. The van der Waals surface area contributed by atoms with Crippen molar-refractivity contribution in [3.63, 3.8) is 0 Å². The first-order chi connectivity index (χ1) is 13.5. The third-order valence-electron chi connectivity index (χ3n) is 4.02. The number of phenolic OH excluding ortho intramolecular Hbond substituents is 2. The van der Waals surface area contributed by atoms with Crippen LogP contribution in [-0.4, -0.2) is 31.1 Å². The van der Waals surface area contributed by atoms with Crippen LogP contribution in [0.4, 0.5) is 5.69 Å². The molecule has 2 heterocycles. The number of anilines is 1. The first-order valence-corrected chi connectivity index (χ1v) is 10.1. The second kappa shape index (κ2) is 7.69. The van der Waals surface area contributed by atoms with Crippen molar-refractivity contribution in [2.24, 2.45) is 0 Å². The van der Waals surface area contributed by atoms with Gasteiger partial charge < -0.3 is 20.3 Å². The van der Waals surface area contributed by atoms with E-state index >= 15 is 0 Å². The molecule has 0 bridgehead atoms. The second-order valence-electron chi connectivity index (χ2n) is 5.93. The number of fused-ring (bicyclic) bond motifs is 3. The number of aromatic hydroxyl groups is 2. The summed E-state index contributed by atoms with van der Waals surface area (Å²) >= 11 is 4.88. The Morgan fingerprint density at radius 2 is 2.04 bits per heavy atom. The van der Waals surface area contributed by atoms with Crippen LogP contribution in [0.2, 0.25) is 0 Å². The van der Waals surface area contributed by atoms with Gasteiger partial charge in [-0.2, -0.15) is 4.98 Å². The predicted molar refractivity (Wildman–Crippen MR) is 111 cm³/mol. The molecule has 1 aromatic heterocycles. The minimum Gasteiger partial charge on any atom is -0.504 e. The Balaban J connectivity index is 1.82. The van der Waals surface area contributed by atoms with Gasteiger partial charge in [0, 0.05) is 27.0 Å². The Morgan fingerprint density at radius 3 is 2.82 bits per heavy atom. The van der Waals surface area contributed by atoms with Crippen LogP contribution in [0.15, 0.2) is 58.7 Å². The number of nitrogens with zero attached hydrogens (tertiary/aromatic N) is 3. The van der Waals surface area contributed by atoms with Crippen molar-refractivity contribution in [1.82, 2.24) is 15.2 Å². The molecule has 0 saturated heterocycles. The van der Waals surface area contributed by atoms with Gasteiger partial charge in [0.1, 0.15) is 0 Å². The Bertz CT molecular complexity index is 1060. The summed E-state index contributed by atoms with van der Waals surface area (Å²) in [4.78, 5) is 4.51. The van der Waals surface area contributed by atoms with E-state index in [0.29, 0.717) is 28.0 Å². The lowest BCUT2D eigenvalue weighted by molar-refractivity contribution is 0.224. The van der Waals surface area contributed by atoms with Crippen LogP contribution < -0.4 is 10.1 Å². The normalized spacial score (nSPS) is 14.8. The average molecular weight is 459 g/mol. The number of nitrogens with one attached hydrogen (secondary N) is 1. The zero-order chi connectivity index (χ0) is 19.7. The summed E-state index contributed by atoms with van der Waals surface area (Å²) in [5, 5.41) is 31.8. The Morgan fingerprint density at radius 1 is 1.18 bits per heavy atom. The molecule has 0 fully saturated rings. The molecule has 142 valence electrons. The lowest BCUT2D eigenvalue weighted by Gasteiger charge is -2.19. The maximum Gasteiger partial charge on any atom is 0.247 e. The highest BCUT2D eigenvalue weighted by molar-refractivity contribution is 9.10. The molecule has 2 aromatic carbocycles. The van der Waals surface area contributed by atoms with Gasteiger partial charge in [-0.1, -0.05) is 33.8 Å². The fourth-order valence-electron chi connectivity index (χ4n) is 2.72. The van der Waals surface area contributed by atoms with Gasteiger partial charge in [0.15, 0.2) is 23.4 Å². The largest absolute Gasteiger partial charge is 0.504 e. The molecule has 1 unspecified atom stereocenters. The quantitative estimate of drug-likeness (QED) is 0.298. The number of rotatable bonds is 4. The van der Waals surface area contributed by atoms with E-state index in [9.17, 15) is 10.2 Å². The molecule has 0 aliphatic carbocycles. The number of hydrogen-bond acceptors (Lipinski definition) is 8. The predicted octanol–water partition coefficient (Wildman–Crippen LogP) is 4.49. The number of ether oxygens (including phenoxy) is 1. The van der Waals surface area contributed by atoms with Crippen LogP contribution in [0.25, 0.3) is 11.3 Å². The molecule has 1 atom stereocenters. The topological polar surface area (TPSA) is 100 Å². The standard InChI is InChI=1S/C19H15BrN4O3S/c1-2-7-28-19-22-18-16(23-24-19)12-9-11(20)4-5-13(12)21-17(27-18)10-3-6-14(25)15(26)8-10/h2-6,8-9,17,21,25-26H,1,7H2. The number of benzene rings is 2. The van der Waals surface area contributed by atoms with Gasteiger partial charge in [0.05, 0.1) is 0 Å². The van der Waals surface area contributed by atoms with Crippen LogP contribution in [0.1, 0.15) is 11.8 Å². The summed E-state index contributed by atoms with van der Waals surface area (Å²) in [6, 6.07) is 10.2.